The van der Waals surface area contributed by atoms with E-state index >= 15 is 0 Å². The quantitative estimate of drug-likeness (QED) is 0.533. The van der Waals surface area contributed by atoms with Crippen molar-refractivity contribution in [2.75, 3.05) is 0 Å². The zero-order valence-corrected chi connectivity index (χ0v) is 22.2. The van der Waals surface area contributed by atoms with E-state index in [0.717, 1.165) is 44.9 Å². The second-order valence-corrected chi connectivity index (χ2v) is 12.6. The van der Waals surface area contributed by atoms with Crippen LogP contribution in [0.15, 0.2) is 72.8 Å². The first-order valence-corrected chi connectivity index (χ1v) is 14.3. The van der Waals surface area contributed by atoms with Gasteiger partial charge in [0.15, 0.2) is 0 Å². The van der Waals surface area contributed by atoms with Crippen molar-refractivity contribution in [3.05, 3.63) is 83.9 Å². The molecule has 8 atom stereocenters. The van der Waals surface area contributed by atoms with Crippen molar-refractivity contribution in [1.82, 2.24) is 10.6 Å². The molecule has 0 bridgehead atoms. The van der Waals surface area contributed by atoms with Crippen LogP contribution >= 0.6 is 0 Å². The Balaban J connectivity index is 1.22. The minimum Gasteiger partial charge on any atom is -0.349 e. The molecule has 0 spiro atoms. The maximum absolute atomic E-state index is 14.0. The van der Waals surface area contributed by atoms with Gasteiger partial charge in [0, 0.05) is 17.4 Å². The standard InChI is InChI=1S/C33H40N2O2/c1-32-19-17-26-24(13-16-29-33(26,2)20-18-30(36)35-29)25(32)14-15-27(32)31(37)34-28(23-11-7-4-8-12-23)21-22-9-5-3-6-10-22/h3-12,18,20,24-29H,13-17,19,21H2,1-2H3,(H,34,37)(H,35,36)/t24-,25-,26-,27+,28-,29+,32-,33+/m0/s1. The van der Waals surface area contributed by atoms with Crippen LogP contribution in [0, 0.1) is 34.5 Å². The molecular weight excluding hydrogens is 456 g/mol. The molecule has 1 aliphatic heterocycles. The van der Waals surface area contributed by atoms with Gasteiger partial charge in [0.2, 0.25) is 11.8 Å². The number of hydrogen-bond donors (Lipinski definition) is 2. The third-order valence-corrected chi connectivity index (χ3v) is 10.8. The predicted octanol–water partition coefficient (Wildman–Crippen LogP) is 6.00. The van der Waals surface area contributed by atoms with Crippen LogP contribution in [0.1, 0.15) is 69.5 Å². The van der Waals surface area contributed by atoms with Crippen molar-refractivity contribution in [2.24, 2.45) is 34.5 Å². The summed E-state index contributed by atoms with van der Waals surface area (Å²) in [4.78, 5) is 26.0. The summed E-state index contributed by atoms with van der Waals surface area (Å²) in [5.41, 5.74) is 2.49. The Bertz CT molecular complexity index is 1180. The molecule has 194 valence electrons. The van der Waals surface area contributed by atoms with Gasteiger partial charge in [0.1, 0.15) is 0 Å². The fraction of sp³-hybridized carbons (Fsp3) is 0.515. The van der Waals surface area contributed by atoms with Crippen molar-refractivity contribution in [3.63, 3.8) is 0 Å². The average Bonchev–Trinajstić information content (AvgIpc) is 3.27. The summed E-state index contributed by atoms with van der Waals surface area (Å²) >= 11 is 0. The molecule has 4 heteroatoms. The van der Waals surface area contributed by atoms with Crippen molar-refractivity contribution in [2.45, 2.75) is 70.9 Å². The molecule has 0 saturated heterocycles. The summed E-state index contributed by atoms with van der Waals surface area (Å²) in [5, 5.41) is 6.77. The van der Waals surface area contributed by atoms with E-state index in [9.17, 15) is 9.59 Å². The van der Waals surface area contributed by atoms with Gasteiger partial charge in [-0.1, -0.05) is 80.6 Å². The largest absolute Gasteiger partial charge is 0.349 e. The van der Waals surface area contributed by atoms with E-state index in [0.29, 0.717) is 17.8 Å². The van der Waals surface area contributed by atoms with Crippen LogP contribution in [0.3, 0.4) is 0 Å². The molecule has 0 unspecified atom stereocenters. The molecular formula is C33H40N2O2. The zero-order valence-electron chi connectivity index (χ0n) is 22.2. The minimum atomic E-state index is -0.0274. The van der Waals surface area contributed by atoms with Crippen LogP contribution in [0.4, 0.5) is 0 Å². The second kappa shape index (κ2) is 9.45. The summed E-state index contributed by atoms with van der Waals surface area (Å²) in [6.07, 6.45) is 11.3. The van der Waals surface area contributed by atoms with E-state index in [1.165, 1.54) is 11.1 Å². The number of nitrogens with one attached hydrogen (secondary N) is 2. The number of carbonyl (C=O) groups is 2. The summed E-state index contributed by atoms with van der Waals surface area (Å²) in [5.74, 6) is 2.15. The number of rotatable bonds is 5. The minimum absolute atomic E-state index is 0.0274. The summed E-state index contributed by atoms with van der Waals surface area (Å²) < 4.78 is 0. The average molecular weight is 497 g/mol. The first-order valence-electron chi connectivity index (χ1n) is 14.3. The highest BCUT2D eigenvalue weighted by atomic mass is 16.2. The van der Waals surface area contributed by atoms with Gasteiger partial charge >= 0.3 is 0 Å². The van der Waals surface area contributed by atoms with Crippen LogP contribution in [-0.2, 0) is 16.0 Å². The maximum Gasteiger partial charge on any atom is 0.243 e. The zero-order chi connectivity index (χ0) is 25.6. The molecule has 2 aromatic rings. The lowest BCUT2D eigenvalue weighted by molar-refractivity contribution is -0.134. The molecule has 37 heavy (non-hydrogen) atoms. The molecule has 1 heterocycles. The second-order valence-electron chi connectivity index (χ2n) is 12.6. The highest BCUT2D eigenvalue weighted by Crippen LogP contribution is 2.65. The van der Waals surface area contributed by atoms with Crippen LogP contribution < -0.4 is 10.6 Å². The fourth-order valence-corrected chi connectivity index (χ4v) is 8.82. The van der Waals surface area contributed by atoms with Crippen molar-refractivity contribution in [1.29, 1.82) is 0 Å². The van der Waals surface area contributed by atoms with Gasteiger partial charge in [-0.25, -0.2) is 0 Å². The first-order chi connectivity index (χ1) is 17.9. The van der Waals surface area contributed by atoms with Crippen molar-refractivity contribution in [3.8, 4) is 0 Å². The molecule has 2 N–H and O–H groups in total. The van der Waals surface area contributed by atoms with Gasteiger partial charge in [-0.05, 0) is 85.3 Å². The van der Waals surface area contributed by atoms with E-state index < -0.39 is 0 Å². The number of benzene rings is 2. The molecule has 3 saturated carbocycles. The molecule has 3 aliphatic carbocycles. The highest BCUT2D eigenvalue weighted by Gasteiger charge is 2.60. The van der Waals surface area contributed by atoms with E-state index in [1.807, 2.05) is 12.1 Å². The van der Waals surface area contributed by atoms with Gasteiger partial charge in [-0.3, -0.25) is 9.59 Å². The Hall–Kier alpha value is -2.88. The number of carbonyl (C=O) groups excluding carboxylic acids is 2. The van der Waals surface area contributed by atoms with Crippen LogP contribution in [-0.4, -0.2) is 17.9 Å². The molecule has 4 nitrogen and oxygen atoms in total. The van der Waals surface area contributed by atoms with Crippen molar-refractivity contribution < 1.29 is 9.59 Å². The molecule has 2 aromatic carbocycles. The van der Waals surface area contributed by atoms with E-state index in [4.69, 9.17) is 0 Å². The van der Waals surface area contributed by atoms with Gasteiger partial charge in [-0.15, -0.1) is 0 Å². The van der Waals surface area contributed by atoms with Crippen LogP contribution in [0.5, 0.6) is 0 Å². The summed E-state index contributed by atoms with van der Waals surface area (Å²) in [7, 11) is 0. The topological polar surface area (TPSA) is 58.2 Å². The lowest BCUT2D eigenvalue weighted by atomic mass is 9.48. The van der Waals surface area contributed by atoms with Crippen LogP contribution in [0.2, 0.25) is 0 Å². The van der Waals surface area contributed by atoms with Crippen LogP contribution in [0.25, 0.3) is 0 Å². The number of hydrogen-bond acceptors (Lipinski definition) is 2. The molecule has 4 aliphatic rings. The Labute approximate surface area is 221 Å². The maximum atomic E-state index is 14.0. The molecule has 0 radical (unpaired) electrons. The first kappa shape index (κ1) is 24.5. The molecule has 6 rings (SSSR count). The lowest BCUT2D eigenvalue weighted by Crippen LogP contribution is -2.59. The third kappa shape index (κ3) is 4.23. The normalized spacial score (nSPS) is 37.0. The van der Waals surface area contributed by atoms with Gasteiger partial charge < -0.3 is 10.6 Å². The highest BCUT2D eigenvalue weighted by molar-refractivity contribution is 5.89. The Kier molecular flexibility index (Phi) is 6.25. The number of fused-ring (bicyclic) bond motifs is 5. The lowest BCUT2D eigenvalue weighted by Gasteiger charge is -2.58. The molecule has 2 amide bonds. The Morgan fingerprint density at radius 3 is 2.43 bits per heavy atom. The van der Waals surface area contributed by atoms with Crippen molar-refractivity contribution >= 4 is 11.8 Å². The van der Waals surface area contributed by atoms with E-state index in [1.54, 1.807) is 6.08 Å². The molecule has 0 aromatic heterocycles. The molecule has 3 fully saturated rings. The van der Waals surface area contributed by atoms with Gasteiger partial charge in [0.05, 0.1) is 6.04 Å². The Morgan fingerprint density at radius 2 is 1.68 bits per heavy atom. The monoisotopic (exact) mass is 496 g/mol. The van der Waals surface area contributed by atoms with Gasteiger partial charge in [0.25, 0.3) is 0 Å². The smallest absolute Gasteiger partial charge is 0.243 e. The Morgan fingerprint density at radius 1 is 0.946 bits per heavy atom. The van der Waals surface area contributed by atoms with E-state index in [-0.39, 0.29) is 40.6 Å². The summed E-state index contributed by atoms with van der Waals surface area (Å²) in [6, 6.07) is 21.1. The third-order valence-electron chi connectivity index (χ3n) is 10.8. The fourth-order valence-electron chi connectivity index (χ4n) is 8.82. The van der Waals surface area contributed by atoms with Gasteiger partial charge in [-0.2, -0.15) is 0 Å². The number of amides is 2. The summed E-state index contributed by atoms with van der Waals surface area (Å²) in [6.45, 7) is 4.77. The predicted molar refractivity (Wildman–Crippen MR) is 146 cm³/mol. The SMILES string of the molecule is C[C@]12C=CC(=O)N[C@@H]1CC[C@@H]1[C@@H]2CC[C@]2(C)[C@@H](C(=O)N[C@@H](Cc3ccccc3)c3ccccc3)CC[C@@H]12. The van der Waals surface area contributed by atoms with E-state index in [2.05, 4.69) is 79.1 Å².